The maximum absolute atomic E-state index is 11.2. The smallest absolute Gasteiger partial charge is 0.305 e. The highest BCUT2D eigenvalue weighted by molar-refractivity contribution is 5.69. The van der Waals surface area contributed by atoms with Crippen molar-refractivity contribution in [1.82, 2.24) is 4.90 Å². The monoisotopic (exact) mass is 261 g/mol. The lowest BCUT2D eigenvalue weighted by atomic mass is 10.1. The predicted molar refractivity (Wildman–Crippen MR) is 76.0 cm³/mol. The average molecular weight is 261 g/mol. The molecule has 0 N–H and O–H groups in total. The molecular weight excluding hydrogens is 238 g/mol. The molecule has 1 saturated heterocycles. The van der Waals surface area contributed by atoms with Crippen LogP contribution in [0.15, 0.2) is 30.3 Å². The summed E-state index contributed by atoms with van der Waals surface area (Å²) in [5, 5.41) is 0. The summed E-state index contributed by atoms with van der Waals surface area (Å²) in [7, 11) is 0. The number of ether oxygens (including phenoxy) is 1. The third kappa shape index (κ3) is 4.67. The number of piperidine rings is 1. The van der Waals surface area contributed by atoms with Gasteiger partial charge in [-0.3, -0.25) is 4.79 Å². The fourth-order valence-electron chi connectivity index (χ4n) is 2.45. The van der Waals surface area contributed by atoms with Crippen molar-refractivity contribution >= 4 is 5.97 Å². The van der Waals surface area contributed by atoms with Crippen LogP contribution in [-0.2, 0) is 16.0 Å². The van der Waals surface area contributed by atoms with Crippen molar-refractivity contribution in [3.05, 3.63) is 35.9 Å². The molecular formula is C16H23NO2. The summed E-state index contributed by atoms with van der Waals surface area (Å²) in [6, 6.07) is 10.6. The Bertz CT molecular complexity index is 383. The van der Waals surface area contributed by atoms with Crippen LogP contribution in [0.4, 0.5) is 0 Å². The number of hydrogen-bond acceptors (Lipinski definition) is 3. The summed E-state index contributed by atoms with van der Waals surface area (Å²) in [5.41, 5.74) is 1.39. The van der Waals surface area contributed by atoms with Crippen molar-refractivity contribution in [1.29, 1.82) is 0 Å². The Morgan fingerprint density at radius 3 is 2.58 bits per heavy atom. The van der Waals surface area contributed by atoms with Crippen LogP contribution in [0.3, 0.4) is 0 Å². The van der Waals surface area contributed by atoms with E-state index in [1.165, 1.54) is 5.56 Å². The van der Waals surface area contributed by atoms with Crippen LogP contribution in [-0.4, -0.2) is 36.6 Å². The number of rotatable bonds is 5. The molecule has 2 rings (SSSR count). The van der Waals surface area contributed by atoms with Gasteiger partial charge < -0.3 is 9.64 Å². The van der Waals surface area contributed by atoms with E-state index >= 15 is 0 Å². The highest BCUT2D eigenvalue weighted by Crippen LogP contribution is 2.15. The van der Waals surface area contributed by atoms with Crippen molar-refractivity contribution in [2.45, 2.75) is 38.7 Å². The van der Waals surface area contributed by atoms with Crippen LogP contribution in [0.5, 0.6) is 0 Å². The van der Waals surface area contributed by atoms with Gasteiger partial charge in [0.25, 0.3) is 0 Å². The summed E-state index contributed by atoms with van der Waals surface area (Å²) < 4.78 is 5.39. The van der Waals surface area contributed by atoms with Crippen LogP contribution in [0.25, 0.3) is 0 Å². The molecule has 0 aromatic heterocycles. The van der Waals surface area contributed by atoms with Gasteiger partial charge in [-0.2, -0.15) is 0 Å². The van der Waals surface area contributed by atoms with E-state index in [1.807, 2.05) is 6.92 Å². The van der Waals surface area contributed by atoms with Gasteiger partial charge in [-0.1, -0.05) is 37.3 Å². The molecule has 0 saturated carbocycles. The van der Waals surface area contributed by atoms with Crippen molar-refractivity contribution in [2.24, 2.45) is 0 Å². The van der Waals surface area contributed by atoms with E-state index in [0.717, 1.165) is 38.9 Å². The molecule has 3 heteroatoms. The number of nitrogens with zero attached hydrogens (tertiary/aromatic N) is 1. The second-order valence-corrected chi connectivity index (χ2v) is 5.12. The van der Waals surface area contributed by atoms with E-state index in [4.69, 9.17) is 4.74 Å². The number of likely N-dealkylation sites (tertiary alicyclic amines) is 1. The Hall–Kier alpha value is -1.35. The number of benzene rings is 1. The van der Waals surface area contributed by atoms with E-state index in [9.17, 15) is 4.79 Å². The van der Waals surface area contributed by atoms with Crippen molar-refractivity contribution in [3.63, 3.8) is 0 Å². The lowest BCUT2D eigenvalue weighted by Crippen LogP contribution is -2.38. The minimum Gasteiger partial charge on any atom is -0.462 e. The second kappa shape index (κ2) is 7.29. The van der Waals surface area contributed by atoms with E-state index in [1.54, 1.807) is 0 Å². The minimum atomic E-state index is -0.0669. The van der Waals surface area contributed by atoms with Gasteiger partial charge in [0.15, 0.2) is 0 Å². The molecule has 1 aromatic rings. The lowest BCUT2D eigenvalue weighted by molar-refractivity contribution is -0.150. The minimum absolute atomic E-state index is 0.0669. The molecule has 0 unspecified atom stereocenters. The molecule has 1 fully saturated rings. The fourth-order valence-corrected chi connectivity index (χ4v) is 2.45. The molecule has 0 radical (unpaired) electrons. The zero-order chi connectivity index (χ0) is 13.5. The highest BCUT2D eigenvalue weighted by Gasteiger charge is 2.21. The van der Waals surface area contributed by atoms with Gasteiger partial charge in [-0.05, 0) is 24.8 Å². The van der Waals surface area contributed by atoms with Gasteiger partial charge >= 0.3 is 5.97 Å². The Morgan fingerprint density at radius 2 is 1.95 bits per heavy atom. The van der Waals surface area contributed by atoms with Crippen LogP contribution in [0.2, 0.25) is 0 Å². The first-order valence-corrected chi connectivity index (χ1v) is 7.23. The summed E-state index contributed by atoms with van der Waals surface area (Å²) >= 11 is 0. The van der Waals surface area contributed by atoms with Crippen LogP contribution >= 0.6 is 0 Å². The van der Waals surface area contributed by atoms with E-state index in [-0.39, 0.29) is 12.1 Å². The molecule has 0 atom stereocenters. The molecule has 0 amide bonds. The Kier molecular flexibility index (Phi) is 5.40. The Morgan fingerprint density at radius 1 is 1.26 bits per heavy atom. The van der Waals surface area contributed by atoms with Crippen molar-refractivity contribution < 1.29 is 9.53 Å². The number of carbonyl (C=O) groups excluding carboxylic acids is 1. The third-order valence-electron chi connectivity index (χ3n) is 3.68. The Balaban J connectivity index is 1.67. The molecule has 1 aliphatic rings. The SMILES string of the molecule is CCC(=O)OC1CCN(CCc2ccccc2)CC1. The van der Waals surface area contributed by atoms with E-state index in [0.29, 0.717) is 6.42 Å². The van der Waals surface area contributed by atoms with Crippen LogP contribution < -0.4 is 0 Å². The molecule has 1 aromatic carbocycles. The zero-order valence-electron chi connectivity index (χ0n) is 11.7. The summed E-state index contributed by atoms with van der Waals surface area (Å²) in [6.07, 6.45) is 3.66. The summed E-state index contributed by atoms with van der Waals surface area (Å²) in [4.78, 5) is 13.7. The molecule has 0 bridgehead atoms. The van der Waals surface area contributed by atoms with Crippen LogP contribution in [0, 0.1) is 0 Å². The van der Waals surface area contributed by atoms with E-state index in [2.05, 4.69) is 35.2 Å². The topological polar surface area (TPSA) is 29.5 Å². The van der Waals surface area contributed by atoms with Gasteiger partial charge in [-0.25, -0.2) is 0 Å². The van der Waals surface area contributed by atoms with Gasteiger partial charge in [-0.15, -0.1) is 0 Å². The van der Waals surface area contributed by atoms with Crippen molar-refractivity contribution in [2.75, 3.05) is 19.6 Å². The number of esters is 1. The van der Waals surface area contributed by atoms with Gasteiger partial charge in [0.1, 0.15) is 6.10 Å². The molecule has 0 aliphatic carbocycles. The highest BCUT2D eigenvalue weighted by atomic mass is 16.5. The summed E-state index contributed by atoms with van der Waals surface area (Å²) in [5.74, 6) is -0.0669. The summed E-state index contributed by atoms with van der Waals surface area (Å²) in [6.45, 7) is 5.01. The second-order valence-electron chi connectivity index (χ2n) is 5.12. The third-order valence-corrected chi connectivity index (χ3v) is 3.68. The normalized spacial score (nSPS) is 17.3. The first kappa shape index (κ1) is 14.1. The quantitative estimate of drug-likeness (QED) is 0.763. The number of hydrogen-bond donors (Lipinski definition) is 0. The lowest BCUT2D eigenvalue weighted by Gasteiger charge is -2.31. The molecule has 1 heterocycles. The fraction of sp³-hybridized carbons (Fsp3) is 0.562. The zero-order valence-corrected chi connectivity index (χ0v) is 11.7. The molecule has 3 nitrogen and oxygen atoms in total. The van der Waals surface area contributed by atoms with Crippen molar-refractivity contribution in [3.8, 4) is 0 Å². The van der Waals surface area contributed by atoms with Gasteiger partial charge in [0, 0.05) is 26.1 Å². The molecule has 1 aliphatic heterocycles. The average Bonchev–Trinajstić information content (AvgIpc) is 2.47. The standard InChI is InChI=1S/C16H23NO2/c1-2-16(18)19-15-9-12-17(13-10-15)11-8-14-6-4-3-5-7-14/h3-7,15H,2,8-13H2,1H3. The molecule has 0 spiro atoms. The first-order chi connectivity index (χ1) is 9.28. The molecule has 19 heavy (non-hydrogen) atoms. The van der Waals surface area contributed by atoms with Crippen LogP contribution in [0.1, 0.15) is 31.7 Å². The maximum atomic E-state index is 11.2. The van der Waals surface area contributed by atoms with Gasteiger partial charge in [0.05, 0.1) is 0 Å². The molecule has 104 valence electrons. The maximum Gasteiger partial charge on any atom is 0.305 e. The Labute approximate surface area is 115 Å². The first-order valence-electron chi connectivity index (χ1n) is 7.23. The largest absolute Gasteiger partial charge is 0.462 e. The van der Waals surface area contributed by atoms with Gasteiger partial charge in [0.2, 0.25) is 0 Å². The number of carbonyl (C=O) groups is 1. The predicted octanol–water partition coefficient (Wildman–Crippen LogP) is 2.65. The van der Waals surface area contributed by atoms with E-state index < -0.39 is 0 Å².